The number of hydrogen-bond donors (Lipinski definition) is 1. The smallest absolute Gasteiger partial charge is 0.339 e. The molecule has 3 fully saturated rings. The molecule has 1 aromatic heterocycles. The van der Waals surface area contributed by atoms with Crippen molar-refractivity contribution in [3.8, 4) is 17.0 Å². The van der Waals surface area contributed by atoms with Gasteiger partial charge in [-0.05, 0) is 67.1 Å². The quantitative estimate of drug-likeness (QED) is 0.0988. The molecule has 0 radical (unpaired) electrons. The number of aromatic hydroxyl groups is 1. The van der Waals surface area contributed by atoms with Crippen molar-refractivity contribution in [3.63, 3.8) is 0 Å². The maximum Gasteiger partial charge on any atom is 0.339 e. The standard InChI is InChI=1S/C34H25Br2ClN2O6/c1-15-23(37)11-10-18-20(34(44)45-14-26(41)19-4-2-3-5-25(19)40)13-24(38-31(15)18)16-6-8-17(9-7-16)39-32(42)27-21-12-22(28(27)33(39)43)30(36)29(21)35/h2-11,13,21-22,27-30,40H,12,14H2,1H3. The lowest BCUT2D eigenvalue weighted by molar-refractivity contribution is -0.123. The number of para-hydroxylation sites is 1. The molecule has 2 aliphatic carbocycles. The van der Waals surface area contributed by atoms with Gasteiger partial charge >= 0.3 is 5.97 Å². The van der Waals surface area contributed by atoms with Crippen molar-refractivity contribution in [3.05, 3.63) is 88.4 Å². The molecule has 6 unspecified atom stereocenters. The normalized spacial score (nSPS) is 25.2. The van der Waals surface area contributed by atoms with Crippen LogP contribution in [0, 0.1) is 30.6 Å². The molecule has 2 heterocycles. The number of hydrogen-bond acceptors (Lipinski definition) is 7. The van der Waals surface area contributed by atoms with Crippen LogP contribution in [0.15, 0.2) is 66.7 Å². The van der Waals surface area contributed by atoms with Gasteiger partial charge in [0, 0.05) is 25.6 Å². The first-order chi connectivity index (χ1) is 21.6. The van der Waals surface area contributed by atoms with E-state index in [1.807, 2.05) is 0 Å². The number of amides is 2. The van der Waals surface area contributed by atoms with Gasteiger partial charge < -0.3 is 9.84 Å². The number of esters is 1. The van der Waals surface area contributed by atoms with E-state index in [1.54, 1.807) is 61.5 Å². The number of ether oxygens (including phenoxy) is 1. The van der Waals surface area contributed by atoms with E-state index in [9.17, 15) is 24.3 Å². The summed E-state index contributed by atoms with van der Waals surface area (Å²) >= 11 is 13.9. The van der Waals surface area contributed by atoms with Gasteiger partial charge in [-0.1, -0.05) is 73.8 Å². The molecule has 7 rings (SSSR count). The highest BCUT2D eigenvalue weighted by atomic mass is 79.9. The van der Waals surface area contributed by atoms with Crippen LogP contribution in [0.4, 0.5) is 5.69 Å². The number of imide groups is 1. The first kappa shape index (κ1) is 30.1. The Kier molecular flexibility index (Phi) is 7.57. The average Bonchev–Trinajstić information content (AvgIpc) is 3.66. The summed E-state index contributed by atoms with van der Waals surface area (Å²) in [5.41, 5.74) is 2.96. The largest absolute Gasteiger partial charge is 0.507 e. The van der Waals surface area contributed by atoms with Crippen LogP contribution in [0.3, 0.4) is 0 Å². The molecule has 1 saturated heterocycles. The number of Topliss-reactive ketones (excluding diaryl/α,β-unsaturated/α-hetero) is 1. The fourth-order valence-electron chi connectivity index (χ4n) is 7.10. The van der Waals surface area contributed by atoms with Crippen molar-refractivity contribution >= 4 is 83.6 Å². The third-order valence-electron chi connectivity index (χ3n) is 9.34. The minimum Gasteiger partial charge on any atom is -0.507 e. The number of carbonyl (C=O) groups is 4. The summed E-state index contributed by atoms with van der Waals surface area (Å²) in [7, 11) is 0. The molecule has 1 N–H and O–H groups in total. The van der Waals surface area contributed by atoms with Gasteiger partial charge in [-0.25, -0.2) is 9.78 Å². The summed E-state index contributed by atoms with van der Waals surface area (Å²) in [6.45, 7) is 1.23. The highest BCUT2D eigenvalue weighted by Gasteiger charge is 2.66. The monoisotopic (exact) mass is 750 g/mol. The van der Waals surface area contributed by atoms with Crippen LogP contribution < -0.4 is 4.90 Å². The van der Waals surface area contributed by atoms with Crippen LogP contribution in [0.5, 0.6) is 5.75 Å². The molecule has 3 aromatic carbocycles. The van der Waals surface area contributed by atoms with Crippen LogP contribution in [0.2, 0.25) is 5.02 Å². The minimum absolute atomic E-state index is 0.0542. The maximum absolute atomic E-state index is 13.5. The Balaban J connectivity index is 1.19. The number of pyridine rings is 1. The van der Waals surface area contributed by atoms with Gasteiger partial charge in [-0.15, -0.1) is 0 Å². The summed E-state index contributed by atoms with van der Waals surface area (Å²) in [4.78, 5) is 59.5. The number of phenolic OH excluding ortho intramolecular Hbond substituents is 1. The third-order valence-corrected chi connectivity index (χ3v) is 13.0. The number of aryl methyl sites for hydroxylation is 1. The van der Waals surface area contributed by atoms with Crippen LogP contribution in [-0.4, -0.2) is 49.9 Å². The molecule has 0 spiro atoms. The van der Waals surface area contributed by atoms with Gasteiger partial charge in [0.25, 0.3) is 0 Å². The van der Waals surface area contributed by atoms with E-state index in [4.69, 9.17) is 21.3 Å². The summed E-state index contributed by atoms with van der Waals surface area (Å²) in [6, 6.07) is 17.9. The Bertz CT molecular complexity index is 1900. The first-order valence-electron chi connectivity index (χ1n) is 14.4. The van der Waals surface area contributed by atoms with Crippen LogP contribution in [0.1, 0.15) is 32.7 Å². The van der Waals surface area contributed by atoms with Crippen molar-refractivity contribution in [2.24, 2.45) is 23.7 Å². The molecular formula is C34H25Br2ClN2O6. The second-order valence-corrected chi connectivity index (χ2v) is 14.2. The van der Waals surface area contributed by atoms with Gasteiger partial charge in [-0.3, -0.25) is 19.3 Å². The number of ketones is 1. The molecule has 2 amide bonds. The minimum atomic E-state index is -0.740. The second kappa shape index (κ2) is 11.3. The summed E-state index contributed by atoms with van der Waals surface area (Å²) in [6.07, 6.45) is 0.857. The number of fused-ring (bicyclic) bond motifs is 6. The number of alkyl halides is 2. The fourth-order valence-corrected chi connectivity index (χ4v) is 9.13. The lowest BCUT2D eigenvalue weighted by Gasteiger charge is -2.28. The average molecular weight is 753 g/mol. The van der Waals surface area contributed by atoms with Gasteiger partial charge in [0.2, 0.25) is 17.6 Å². The van der Waals surface area contributed by atoms with Gasteiger partial charge in [-0.2, -0.15) is 0 Å². The lowest BCUT2D eigenvalue weighted by Crippen LogP contribution is -2.37. The second-order valence-electron chi connectivity index (χ2n) is 11.7. The van der Waals surface area contributed by atoms with E-state index >= 15 is 0 Å². The highest BCUT2D eigenvalue weighted by Crippen LogP contribution is 2.60. The lowest BCUT2D eigenvalue weighted by atomic mass is 9.81. The molecule has 11 heteroatoms. The molecule has 4 aromatic rings. The molecule has 228 valence electrons. The number of rotatable bonds is 6. The highest BCUT2D eigenvalue weighted by molar-refractivity contribution is 9.12. The molecule has 6 atom stereocenters. The van der Waals surface area contributed by atoms with Gasteiger partial charge in [0.15, 0.2) is 6.61 Å². The molecule has 2 saturated carbocycles. The van der Waals surface area contributed by atoms with E-state index < -0.39 is 18.4 Å². The Hall–Kier alpha value is -3.60. The topological polar surface area (TPSA) is 114 Å². The molecule has 3 aliphatic rings. The van der Waals surface area contributed by atoms with Crippen molar-refractivity contribution in [2.45, 2.75) is 23.0 Å². The number of nitrogens with zero attached hydrogens (tertiary/aromatic N) is 2. The van der Waals surface area contributed by atoms with E-state index in [-0.39, 0.29) is 62.0 Å². The van der Waals surface area contributed by atoms with Crippen LogP contribution in [-0.2, 0) is 14.3 Å². The Morgan fingerprint density at radius 2 is 1.60 bits per heavy atom. The van der Waals surface area contributed by atoms with E-state index in [0.29, 0.717) is 38.4 Å². The number of benzene rings is 3. The van der Waals surface area contributed by atoms with E-state index in [1.165, 1.54) is 17.0 Å². The zero-order valence-electron chi connectivity index (χ0n) is 23.7. The van der Waals surface area contributed by atoms with Crippen LogP contribution >= 0.6 is 43.5 Å². The number of anilines is 1. The predicted octanol–water partition coefficient (Wildman–Crippen LogP) is 6.89. The van der Waals surface area contributed by atoms with E-state index in [0.717, 1.165) is 6.42 Å². The molecule has 45 heavy (non-hydrogen) atoms. The SMILES string of the molecule is Cc1c(Cl)ccc2c(C(=O)OCC(=O)c3ccccc3O)cc(-c3ccc(N4C(=O)C5C6CC(C(Br)C6Br)C5C4=O)cc3)nc12. The number of aromatic nitrogens is 1. The van der Waals surface area contributed by atoms with Gasteiger partial charge in [0.1, 0.15) is 5.75 Å². The fraction of sp³-hybridized carbons (Fsp3) is 0.265. The zero-order valence-corrected chi connectivity index (χ0v) is 27.7. The molecular weight excluding hydrogens is 728 g/mol. The van der Waals surface area contributed by atoms with Crippen molar-refractivity contribution < 1.29 is 29.0 Å². The van der Waals surface area contributed by atoms with Crippen molar-refractivity contribution in [1.29, 1.82) is 0 Å². The van der Waals surface area contributed by atoms with Crippen molar-refractivity contribution in [2.75, 3.05) is 11.5 Å². The number of carbonyl (C=O) groups excluding carboxylic acids is 4. The first-order valence-corrected chi connectivity index (χ1v) is 16.6. The number of halogens is 3. The zero-order chi connectivity index (χ0) is 31.7. The molecule has 1 aliphatic heterocycles. The predicted molar refractivity (Wildman–Crippen MR) is 176 cm³/mol. The van der Waals surface area contributed by atoms with E-state index in [2.05, 4.69) is 31.9 Å². The number of phenols is 1. The van der Waals surface area contributed by atoms with Gasteiger partial charge in [0.05, 0.1) is 39.9 Å². The maximum atomic E-state index is 13.5. The Morgan fingerprint density at radius 1 is 0.956 bits per heavy atom. The van der Waals surface area contributed by atoms with Crippen molar-refractivity contribution in [1.82, 2.24) is 4.98 Å². The molecule has 8 nitrogen and oxygen atoms in total. The summed E-state index contributed by atoms with van der Waals surface area (Å²) < 4.78 is 5.40. The molecule has 2 bridgehead atoms. The Morgan fingerprint density at radius 3 is 2.24 bits per heavy atom. The van der Waals surface area contributed by atoms with Crippen LogP contribution in [0.25, 0.3) is 22.2 Å². The summed E-state index contributed by atoms with van der Waals surface area (Å²) in [5.74, 6) is -2.20. The third kappa shape index (κ3) is 4.80. The Labute approximate surface area is 280 Å². The summed E-state index contributed by atoms with van der Waals surface area (Å²) in [5, 5.41) is 11.0.